The molecule has 0 spiro atoms. The number of carbonyl (C=O) groups is 2. The van der Waals surface area contributed by atoms with Crippen molar-refractivity contribution in [2.75, 3.05) is 5.32 Å². The largest absolute Gasteiger partial charge is 0.351 e. The van der Waals surface area contributed by atoms with Gasteiger partial charge in [-0.1, -0.05) is 32.0 Å². The Morgan fingerprint density at radius 2 is 2.09 bits per heavy atom. The average molecular weight is 314 g/mol. The molecule has 0 atom stereocenters. The monoisotopic (exact) mass is 314 g/mol. The van der Waals surface area contributed by atoms with Gasteiger partial charge in [-0.15, -0.1) is 0 Å². The van der Waals surface area contributed by atoms with Crippen molar-refractivity contribution < 1.29 is 9.59 Å². The summed E-state index contributed by atoms with van der Waals surface area (Å²) in [5.41, 5.74) is 2.41. The van der Waals surface area contributed by atoms with Crippen LogP contribution in [0.25, 0.3) is 0 Å². The Hall–Kier alpha value is -2.63. The van der Waals surface area contributed by atoms with E-state index in [1.165, 1.54) is 0 Å². The average Bonchev–Trinajstić information content (AvgIpc) is 2.96. The number of rotatable bonds is 8. The number of aryl methyl sites for hydroxylation is 1. The molecule has 0 radical (unpaired) electrons. The van der Waals surface area contributed by atoms with E-state index in [0.717, 1.165) is 24.1 Å². The van der Waals surface area contributed by atoms with Crippen molar-refractivity contribution in [2.45, 2.75) is 39.8 Å². The third-order valence-corrected chi connectivity index (χ3v) is 3.61. The fourth-order valence-electron chi connectivity index (χ4n) is 2.48. The molecule has 0 aliphatic heterocycles. The minimum atomic E-state index is -0.191. The first-order valence-corrected chi connectivity index (χ1v) is 7.81. The zero-order chi connectivity index (χ0) is 16.7. The maximum Gasteiger partial charge on any atom is 0.273 e. The number of benzene rings is 1. The number of nitrogens with one attached hydrogen (secondary N) is 2. The summed E-state index contributed by atoms with van der Waals surface area (Å²) in [7, 11) is 0. The van der Waals surface area contributed by atoms with Crippen LogP contribution in [-0.4, -0.2) is 21.9 Å². The van der Waals surface area contributed by atoms with Crippen molar-refractivity contribution in [3.8, 4) is 0 Å². The zero-order valence-electron chi connectivity index (χ0n) is 13.5. The van der Waals surface area contributed by atoms with Crippen LogP contribution in [0.5, 0.6) is 0 Å². The highest BCUT2D eigenvalue weighted by atomic mass is 16.2. The molecule has 0 saturated carbocycles. The highest BCUT2D eigenvalue weighted by Crippen LogP contribution is 2.17. The number of imidazole rings is 1. The lowest BCUT2D eigenvalue weighted by Gasteiger charge is -2.12. The zero-order valence-corrected chi connectivity index (χ0v) is 13.5. The summed E-state index contributed by atoms with van der Waals surface area (Å²) in [5, 5.41) is 5.54. The van der Waals surface area contributed by atoms with Gasteiger partial charge in [-0.2, -0.15) is 0 Å². The number of anilines is 1. The number of hydrogen-bond donors (Lipinski definition) is 2. The highest BCUT2D eigenvalue weighted by molar-refractivity contribution is 6.03. The SMILES string of the molecule is CCCn1c(C(=O)Nc2ccccc2CC)cnc1CNC=O. The maximum atomic E-state index is 12.6. The van der Waals surface area contributed by atoms with E-state index in [4.69, 9.17) is 0 Å². The molecular formula is C17H22N4O2. The third kappa shape index (κ3) is 3.97. The molecule has 0 aliphatic rings. The standard InChI is InChI=1S/C17H22N4O2/c1-3-9-21-15(10-19-16(21)11-18-12-22)17(23)20-14-8-6-5-7-13(14)4-2/h5-8,10,12H,3-4,9,11H2,1-2H3,(H,18,22)(H,20,23). The van der Waals surface area contributed by atoms with Gasteiger partial charge in [0.2, 0.25) is 6.41 Å². The van der Waals surface area contributed by atoms with Gasteiger partial charge in [0.25, 0.3) is 5.91 Å². The number of carbonyl (C=O) groups excluding carboxylic acids is 2. The first-order valence-electron chi connectivity index (χ1n) is 7.81. The molecule has 2 rings (SSSR count). The third-order valence-electron chi connectivity index (χ3n) is 3.61. The first kappa shape index (κ1) is 16.7. The smallest absolute Gasteiger partial charge is 0.273 e. The van der Waals surface area contributed by atoms with E-state index in [1.807, 2.05) is 35.8 Å². The van der Waals surface area contributed by atoms with Crippen LogP contribution in [-0.2, 0) is 24.3 Å². The molecule has 1 heterocycles. The Morgan fingerprint density at radius 3 is 2.78 bits per heavy atom. The van der Waals surface area contributed by atoms with E-state index in [-0.39, 0.29) is 5.91 Å². The number of nitrogens with zero attached hydrogens (tertiary/aromatic N) is 2. The molecule has 23 heavy (non-hydrogen) atoms. The number of para-hydroxylation sites is 1. The minimum Gasteiger partial charge on any atom is -0.351 e. The van der Waals surface area contributed by atoms with Crippen molar-refractivity contribution in [1.29, 1.82) is 0 Å². The summed E-state index contributed by atoms with van der Waals surface area (Å²) in [6.07, 6.45) is 3.90. The molecule has 0 unspecified atom stereocenters. The van der Waals surface area contributed by atoms with E-state index in [2.05, 4.69) is 22.5 Å². The molecule has 0 aliphatic carbocycles. The van der Waals surface area contributed by atoms with Crippen molar-refractivity contribution >= 4 is 18.0 Å². The van der Waals surface area contributed by atoms with Gasteiger partial charge in [0, 0.05) is 12.2 Å². The first-order chi connectivity index (χ1) is 11.2. The van der Waals surface area contributed by atoms with Gasteiger partial charge in [-0.05, 0) is 24.5 Å². The number of amides is 2. The van der Waals surface area contributed by atoms with Crippen LogP contribution < -0.4 is 10.6 Å². The quantitative estimate of drug-likeness (QED) is 0.734. The van der Waals surface area contributed by atoms with E-state index >= 15 is 0 Å². The fraction of sp³-hybridized carbons (Fsp3) is 0.353. The molecule has 0 fully saturated rings. The Kier molecular flexibility index (Phi) is 5.91. The Morgan fingerprint density at radius 1 is 1.30 bits per heavy atom. The Balaban J connectivity index is 2.24. The summed E-state index contributed by atoms with van der Waals surface area (Å²) >= 11 is 0. The van der Waals surface area contributed by atoms with Crippen LogP contribution in [0.1, 0.15) is 42.1 Å². The summed E-state index contributed by atoms with van der Waals surface area (Å²) in [4.78, 5) is 27.3. The second-order valence-electron chi connectivity index (χ2n) is 5.17. The van der Waals surface area contributed by atoms with Crippen LogP contribution >= 0.6 is 0 Å². The lowest BCUT2D eigenvalue weighted by atomic mass is 10.1. The summed E-state index contributed by atoms with van der Waals surface area (Å²) in [6, 6.07) is 7.75. The van der Waals surface area contributed by atoms with Crippen LogP contribution in [0, 0.1) is 0 Å². The summed E-state index contributed by atoms with van der Waals surface area (Å²) in [5.74, 6) is 0.483. The predicted octanol–water partition coefficient (Wildman–Crippen LogP) is 2.35. The van der Waals surface area contributed by atoms with Gasteiger partial charge in [-0.3, -0.25) is 9.59 Å². The van der Waals surface area contributed by atoms with Crippen LogP contribution in [0.2, 0.25) is 0 Å². The second-order valence-corrected chi connectivity index (χ2v) is 5.17. The van der Waals surface area contributed by atoms with Crippen molar-refractivity contribution in [1.82, 2.24) is 14.9 Å². The lowest BCUT2D eigenvalue weighted by molar-refractivity contribution is -0.109. The molecule has 6 nitrogen and oxygen atoms in total. The van der Waals surface area contributed by atoms with Gasteiger partial charge in [0.1, 0.15) is 11.5 Å². The molecule has 1 aromatic carbocycles. The molecule has 2 amide bonds. The molecule has 122 valence electrons. The lowest BCUT2D eigenvalue weighted by Crippen LogP contribution is -2.21. The predicted molar refractivity (Wildman–Crippen MR) is 89.2 cm³/mol. The van der Waals surface area contributed by atoms with E-state index in [1.54, 1.807) is 6.20 Å². The summed E-state index contributed by atoms with van der Waals surface area (Å²) in [6.45, 7) is 5.07. The molecule has 2 aromatic rings. The van der Waals surface area contributed by atoms with E-state index in [0.29, 0.717) is 31.0 Å². The van der Waals surface area contributed by atoms with Crippen LogP contribution in [0.3, 0.4) is 0 Å². The van der Waals surface area contributed by atoms with E-state index in [9.17, 15) is 9.59 Å². The normalized spacial score (nSPS) is 10.3. The molecular weight excluding hydrogens is 292 g/mol. The molecule has 2 N–H and O–H groups in total. The van der Waals surface area contributed by atoms with Crippen LogP contribution in [0.4, 0.5) is 5.69 Å². The molecule has 0 bridgehead atoms. The van der Waals surface area contributed by atoms with Gasteiger partial charge in [-0.25, -0.2) is 4.98 Å². The number of hydrogen-bond acceptors (Lipinski definition) is 3. The molecule has 0 saturated heterocycles. The minimum absolute atomic E-state index is 0.191. The van der Waals surface area contributed by atoms with Crippen molar-refractivity contribution in [3.05, 3.63) is 47.5 Å². The van der Waals surface area contributed by atoms with Gasteiger partial charge < -0.3 is 15.2 Å². The highest BCUT2D eigenvalue weighted by Gasteiger charge is 2.16. The van der Waals surface area contributed by atoms with Crippen molar-refractivity contribution in [2.24, 2.45) is 0 Å². The molecule has 6 heteroatoms. The topological polar surface area (TPSA) is 76.0 Å². The van der Waals surface area contributed by atoms with Gasteiger partial charge in [0.15, 0.2) is 0 Å². The summed E-state index contributed by atoms with van der Waals surface area (Å²) < 4.78 is 1.85. The second kappa shape index (κ2) is 8.12. The van der Waals surface area contributed by atoms with Crippen molar-refractivity contribution in [3.63, 3.8) is 0 Å². The fourth-order valence-corrected chi connectivity index (χ4v) is 2.48. The van der Waals surface area contributed by atoms with Crippen LogP contribution in [0.15, 0.2) is 30.5 Å². The Labute approximate surface area is 135 Å². The molecule has 1 aromatic heterocycles. The maximum absolute atomic E-state index is 12.6. The Bertz CT molecular complexity index is 679. The van der Waals surface area contributed by atoms with Gasteiger partial charge >= 0.3 is 0 Å². The van der Waals surface area contributed by atoms with Gasteiger partial charge in [0.05, 0.1) is 12.7 Å². The van der Waals surface area contributed by atoms with E-state index < -0.39 is 0 Å². The number of aromatic nitrogens is 2.